The molecule has 140 valence electrons. The smallest absolute Gasteiger partial charge is 0.248 e. The van der Waals surface area contributed by atoms with Crippen molar-refractivity contribution in [2.75, 3.05) is 32.8 Å². The van der Waals surface area contributed by atoms with E-state index < -0.39 is 6.10 Å². The Labute approximate surface area is 151 Å². The molecule has 5 nitrogen and oxygen atoms in total. The molecule has 2 atom stereocenters. The number of nitrogens with one attached hydrogen (secondary N) is 1. The zero-order valence-electron chi connectivity index (χ0n) is 15.7. The number of morpholine rings is 1. The molecule has 1 aliphatic heterocycles. The minimum absolute atomic E-state index is 0.0436. The van der Waals surface area contributed by atoms with Crippen LogP contribution in [0.4, 0.5) is 0 Å². The standard InChI is InChI=1S/C20H32N2O3/c1-16(2)13-19(22-9-11-24-12-10-22)14-21-20(23)17(3)25-15-18-7-5-4-6-8-18/h4-8,16-17,19H,9-15H2,1-3H3,(H,21,23)/t17-,19-/m1/s1. The van der Waals surface area contributed by atoms with Gasteiger partial charge in [0.25, 0.3) is 0 Å². The molecule has 0 aromatic heterocycles. The summed E-state index contributed by atoms with van der Waals surface area (Å²) in [5, 5.41) is 3.08. The summed E-state index contributed by atoms with van der Waals surface area (Å²) in [5.74, 6) is 0.550. The van der Waals surface area contributed by atoms with Crippen molar-refractivity contribution in [3.05, 3.63) is 35.9 Å². The van der Waals surface area contributed by atoms with Gasteiger partial charge in [0.05, 0.1) is 19.8 Å². The second-order valence-corrected chi connectivity index (χ2v) is 7.12. The minimum Gasteiger partial charge on any atom is -0.379 e. The van der Waals surface area contributed by atoms with Crippen molar-refractivity contribution in [2.24, 2.45) is 5.92 Å². The fourth-order valence-electron chi connectivity index (χ4n) is 3.08. The fraction of sp³-hybridized carbons (Fsp3) is 0.650. The van der Waals surface area contributed by atoms with E-state index in [1.165, 1.54) is 0 Å². The third-order valence-electron chi connectivity index (χ3n) is 4.53. The molecule has 25 heavy (non-hydrogen) atoms. The number of amides is 1. The highest BCUT2D eigenvalue weighted by molar-refractivity contribution is 5.80. The topological polar surface area (TPSA) is 50.8 Å². The minimum atomic E-state index is -0.454. The zero-order chi connectivity index (χ0) is 18.1. The summed E-state index contributed by atoms with van der Waals surface area (Å²) in [6, 6.07) is 10.3. The lowest BCUT2D eigenvalue weighted by Crippen LogP contribution is -2.50. The Morgan fingerprint density at radius 3 is 2.52 bits per heavy atom. The molecule has 0 aliphatic carbocycles. The van der Waals surface area contributed by atoms with Gasteiger partial charge in [0.2, 0.25) is 5.91 Å². The number of benzene rings is 1. The molecule has 5 heteroatoms. The molecule has 1 fully saturated rings. The van der Waals surface area contributed by atoms with E-state index in [0.29, 0.717) is 25.1 Å². The average molecular weight is 348 g/mol. The Bertz CT molecular complexity index is 501. The molecular formula is C20H32N2O3. The molecule has 2 rings (SSSR count). The van der Waals surface area contributed by atoms with Crippen molar-refractivity contribution >= 4 is 5.91 Å². The molecule has 1 amide bonds. The quantitative estimate of drug-likeness (QED) is 0.745. The summed E-state index contributed by atoms with van der Waals surface area (Å²) < 4.78 is 11.1. The predicted octanol–water partition coefficient (Wildman–Crippen LogP) is 2.45. The van der Waals surface area contributed by atoms with Crippen LogP contribution in [0.3, 0.4) is 0 Å². The van der Waals surface area contributed by atoms with Crippen LogP contribution >= 0.6 is 0 Å². The Morgan fingerprint density at radius 1 is 1.20 bits per heavy atom. The molecule has 1 aromatic carbocycles. The first-order valence-corrected chi connectivity index (χ1v) is 9.31. The van der Waals surface area contributed by atoms with Gasteiger partial charge >= 0.3 is 0 Å². The fourth-order valence-corrected chi connectivity index (χ4v) is 3.08. The van der Waals surface area contributed by atoms with E-state index in [1.54, 1.807) is 0 Å². The van der Waals surface area contributed by atoms with Crippen LogP contribution in [0.5, 0.6) is 0 Å². The Hall–Kier alpha value is -1.43. The van der Waals surface area contributed by atoms with Gasteiger partial charge in [0.15, 0.2) is 0 Å². The lowest BCUT2D eigenvalue weighted by atomic mass is 10.0. The number of carbonyl (C=O) groups is 1. The summed E-state index contributed by atoms with van der Waals surface area (Å²) >= 11 is 0. The lowest BCUT2D eigenvalue weighted by molar-refractivity contribution is -0.132. The Morgan fingerprint density at radius 2 is 1.88 bits per heavy atom. The van der Waals surface area contributed by atoms with E-state index in [-0.39, 0.29) is 5.91 Å². The second-order valence-electron chi connectivity index (χ2n) is 7.12. The first-order chi connectivity index (χ1) is 12.1. The third-order valence-corrected chi connectivity index (χ3v) is 4.53. The van der Waals surface area contributed by atoms with Crippen LogP contribution in [0.25, 0.3) is 0 Å². The lowest BCUT2D eigenvalue weighted by Gasteiger charge is -2.35. The van der Waals surface area contributed by atoms with Crippen LogP contribution in [0.1, 0.15) is 32.8 Å². The molecular weight excluding hydrogens is 316 g/mol. The van der Waals surface area contributed by atoms with Gasteiger partial charge in [0.1, 0.15) is 6.10 Å². The molecule has 0 spiro atoms. The van der Waals surface area contributed by atoms with Crippen molar-refractivity contribution in [2.45, 2.75) is 45.9 Å². The first kappa shape index (κ1) is 19.9. The predicted molar refractivity (Wildman–Crippen MR) is 99.3 cm³/mol. The summed E-state index contributed by atoms with van der Waals surface area (Å²) in [7, 11) is 0. The maximum atomic E-state index is 12.4. The number of nitrogens with zero attached hydrogens (tertiary/aromatic N) is 1. The van der Waals surface area contributed by atoms with Gasteiger partial charge in [-0.3, -0.25) is 9.69 Å². The van der Waals surface area contributed by atoms with E-state index in [2.05, 4.69) is 24.1 Å². The summed E-state index contributed by atoms with van der Waals surface area (Å²) in [6.45, 7) is 10.8. The van der Waals surface area contributed by atoms with E-state index in [1.807, 2.05) is 37.3 Å². The highest BCUT2D eigenvalue weighted by Crippen LogP contribution is 2.13. The number of hydrogen-bond acceptors (Lipinski definition) is 4. The highest BCUT2D eigenvalue weighted by Gasteiger charge is 2.23. The van der Waals surface area contributed by atoms with Crippen LogP contribution < -0.4 is 5.32 Å². The molecule has 1 N–H and O–H groups in total. The second kappa shape index (κ2) is 10.5. The number of hydrogen-bond donors (Lipinski definition) is 1. The number of ether oxygens (including phenoxy) is 2. The van der Waals surface area contributed by atoms with Gasteiger partial charge in [-0.1, -0.05) is 44.2 Å². The van der Waals surface area contributed by atoms with Crippen molar-refractivity contribution in [3.63, 3.8) is 0 Å². The molecule has 1 aliphatic rings. The van der Waals surface area contributed by atoms with Gasteiger partial charge in [-0.2, -0.15) is 0 Å². The molecule has 1 aromatic rings. The third kappa shape index (κ3) is 7.14. The maximum absolute atomic E-state index is 12.4. The number of rotatable bonds is 9. The van der Waals surface area contributed by atoms with Gasteiger partial charge in [0, 0.05) is 25.7 Å². The van der Waals surface area contributed by atoms with E-state index >= 15 is 0 Å². The number of carbonyl (C=O) groups excluding carboxylic acids is 1. The van der Waals surface area contributed by atoms with Crippen LogP contribution in [-0.2, 0) is 20.9 Å². The largest absolute Gasteiger partial charge is 0.379 e. The monoisotopic (exact) mass is 348 g/mol. The molecule has 0 radical (unpaired) electrons. The van der Waals surface area contributed by atoms with Gasteiger partial charge in [-0.05, 0) is 24.8 Å². The Balaban J connectivity index is 1.78. The molecule has 0 bridgehead atoms. The summed E-state index contributed by atoms with van der Waals surface area (Å²) in [6.07, 6.45) is 0.615. The maximum Gasteiger partial charge on any atom is 0.248 e. The van der Waals surface area contributed by atoms with Crippen molar-refractivity contribution < 1.29 is 14.3 Å². The van der Waals surface area contributed by atoms with Crippen LogP contribution in [-0.4, -0.2) is 55.8 Å². The molecule has 1 saturated heterocycles. The van der Waals surface area contributed by atoms with E-state index in [0.717, 1.165) is 38.3 Å². The summed E-state index contributed by atoms with van der Waals surface area (Å²) in [4.78, 5) is 14.8. The van der Waals surface area contributed by atoms with Crippen molar-refractivity contribution in [1.29, 1.82) is 0 Å². The van der Waals surface area contributed by atoms with Crippen molar-refractivity contribution in [1.82, 2.24) is 10.2 Å². The summed E-state index contributed by atoms with van der Waals surface area (Å²) in [5.41, 5.74) is 1.08. The van der Waals surface area contributed by atoms with E-state index in [9.17, 15) is 4.79 Å². The van der Waals surface area contributed by atoms with Gasteiger partial charge in [-0.15, -0.1) is 0 Å². The first-order valence-electron chi connectivity index (χ1n) is 9.31. The normalized spacial score (nSPS) is 18.1. The zero-order valence-corrected chi connectivity index (χ0v) is 15.7. The van der Waals surface area contributed by atoms with Crippen LogP contribution in [0.15, 0.2) is 30.3 Å². The van der Waals surface area contributed by atoms with Gasteiger partial charge < -0.3 is 14.8 Å². The molecule has 0 unspecified atom stereocenters. The van der Waals surface area contributed by atoms with Gasteiger partial charge in [-0.25, -0.2) is 0 Å². The van der Waals surface area contributed by atoms with E-state index in [4.69, 9.17) is 9.47 Å². The molecule has 0 saturated carbocycles. The van der Waals surface area contributed by atoms with Crippen LogP contribution in [0, 0.1) is 5.92 Å². The highest BCUT2D eigenvalue weighted by atomic mass is 16.5. The molecule has 1 heterocycles. The Kier molecular flexibility index (Phi) is 8.38. The van der Waals surface area contributed by atoms with Crippen molar-refractivity contribution in [3.8, 4) is 0 Å². The SMILES string of the molecule is CC(C)C[C@H](CNC(=O)[C@@H](C)OCc1ccccc1)N1CCOCC1. The van der Waals surface area contributed by atoms with Crippen LogP contribution in [0.2, 0.25) is 0 Å². The average Bonchev–Trinajstić information content (AvgIpc) is 2.64.